The summed E-state index contributed by atoms with van der Waals surface area (Å²) in [5, 5.41) is 3.08. The molecule has 0 saturated carbocycles. The third-order valence-electron chi connectivity index (χ3n) is 6.05. The average molecular weight is 432 g/mol. The third-order valence-corrected chi connectivity index (χ3v) is 6.05. The van der Waals surface area contributed by atoms with Gasteiger partial charge in [-0.1, -0.05) is 18.2 Å². The normalized spacial score (nSPS) is 14.3. The molecule has 4 rings (SSSR count). The molecule has 2 aromatic heterocycles. The van der Waals surface area contributed by atoms with Crippen LogP contribution < -0.4 is 15.0 Å². The first-order valence-corrected chi connectivity index (χ1v) is 11.0. The van der Waals surface area contributed by atoms with E-state index in [9.17, 15) is 4.79 Å². The highest BCUT2D eigenvalue weighted by molar-refractivity contribution is 5.79. The van der Waals surface area contributed by atoms with Gasteiger partial charge in [0.15, 0.2) is 5.82 Å². The molecule has 1 fully saturated rings. The van der Waals surface area contributed by atoms with Crippen molar-refractivity contribution in [3.05, 3.63) is 65.5 Å². The standard InChI is InChI=1S/C25H29N5O2/c1-17-18(2)28-23(22-6-4-5-13-26-22)29-24(17)30-14-11-20(12-15-30)25(31)27-16-19-7-9-21(32-3)10-8-19/h4-10,13,20H,11-12,14-16H2,1-3H3,(H,27,31). The molecule has 0 aliphatic carbocycles. The number of piperidine rings is 1. The minimum Gasteiger partial charge on any atom is -0.497 e. The number of carbonyl (C=O) groups excluding carboxylic acids is 1. The van der Waals surface area contributed by atoms with Gasteiger partial charge in [0.25, 0.3) is 0 Å². The fraction of sp³-hybridized carbons (Fsp3) is 0.360. The number of rotatable bonds is 6. The van der Waals surface area contributed by atoms with Gasteiger partial charge in [-0.15, -0.1) is 0 Å². The largest absolute Gasteiger partial charge is 0.497 e. The van der Waals surface area contributed by atoms with Crippen LogP contribution in [0.3, 0.4) is 0 Å². The highest BCUT2D eigenvalue weighted by Crippen LogP contribution is 2.28. The molecule has 1 amide bonds. The van der Waals surface area contributed by atoms with Gasteiger partial charge in [-0.2, -0.15) is 0 Å². The number of ether oxygens (including phenoxy) is 1. The first-order valence-electron chi connectivity index (χ1n) is 11.0. The molecule has 0 radical (unpaired) electrons. The van der Waals surface area contributed by atoms with Gasteiger partial charge in [0.1, 0.15) is 17.3 Å². The molecule has 7 nitrogen and oxygen atoms in total. The molecule has 3 heterocycles. The van der Waals surface area contributed by atoms with Crippen molar-refractivity contribution in [3.8, 4) is 17.3 Å². The van der Waals surface area contributed by atoms with Crippen molar-refractivity contribution in [2.75, 3.05) is 25.1 Å². The number of hydrogen-bond acceptors (Lipinski definition) is 6. The Morgan fingerprint density at radius 3 is 2.50 bits per heavy atom. The smallest absolute Gasteiger partial charge is 0.223 e. The van der Waals surface area contributed by atoms with Crippen molar-refractivity contribution in [2.24, 2.45) is 5.92 Å². The molecular formula is C25H29N5O2. The Balaban J connectivity index is 1.38. The lowest BCUT2D eigenvalue weighted by atomic mass is 9.95. The summed E-state index contributed by atoms with van der Waals surface area (Å²) in [4.78, 5) is 28.8. The number of hydrogen-bond donors (Lipinski definition) is 1. The van der Waals surface area contributed by atoms with Gasteiger partial charge in [0.2, 0.25) is 5.91 Å². The summed E-state index contributed by atoms with van der Waals surface area (Å²) >= 11 is 0. The summed E-state index contributed by atoms with van der Waals surface area (Å²) in [6, 6.07) is 13.5. The van der Waals surface area contributed by atoms with E-state index in [4.69, 9.17) is 9.72 Å². The zero-order chi connectivity index (χ0) is 22.5. The molecule has 0 atom stereocenters. The van der Waals surface area contributed by atoms with E-state index < -0.39 is 0 Å². The Kier molecular flexibility index (Phi) is 6.63. The van der Waals surface area contributed by atoms with Gasteiger partial charge in [0.05, 0.1) is 7.11 Å². The van der Waals surface area contributed by atoms with E-state index in [0.29, 0.717) is 12.4 Å². The van der Waals surface area contributed by atoms with Crippen LogP contribution in [0.15, 0.2) is 48.7 Å². The number of pyridine rings is 1. The number of aryl methyl sites for hydroxylation is 1. The first kappa shape index (κ1) is 21.7. The zero-order valence-electron chi connectivity index (χ0n) is 18.8. The number of anilines is 1. The number of carbonyl (C=O) groups is 1. The van der Waals surface area contributed by atoms with Crippen LogP contribution in [-0.4, -0.2) is 41.1 Å². The fourth-order valence-corrected chi connectivity index (χ4v) is 3.96. The SMILES string of the molecule is COc1ccc(CNC(=O)C2CCN(c3nc(-c4ccccn4)nc(C)c3C)CC2)cc1. The first-order chi connectivity index (χ1) is 15.5. The summed E-state index contributed by atoms with van der Waals surface area (Å²) in [6.45, 7) is 6.17. The Hall–Kier alpha value is -3.48. The van der Waals surface area contributed by atoms with Crippen LogP contribution in [0.1, 0.15) is 29.7 Å². The van der Waals surface area contributed by atoms with E-state index in [1.54, 1.807) is 13.3 Å². The van der Waals surface area contributed by atoms with Gasteiger partial charge < -0.3 is 15.0 Å². The van der Waals surface area contributed by atoms with Crippen molar-refractivity contribution in [1.82, 2.24) is 20.3 Å². The van der Waals surface area contributed by atoms with E-state index in [2.05, 4.69) is 27.1 Å². The zero-order valence-corrected chi connectivity index (χ0v) is 18.8. The molecule has 1 aliphatic rings. The van der Waals surface area contributed by atoms with Gasteiger partial charge in [-0.3, -0.25) is 9.78 Å². The van der Waals surface area contributed by atoms with Gasteiger partial charge in [-0.25, -0.2) is 9.97 Å². The van der Waals surface area contributed by atoms with Crippen LogP contribution in [-0.2, 0) is 11.3 Å². The molecule has 0 bridgehead atoms. The van der Waals surface area contributed by atoms with E-state index >= 15 is 0 Å². The topological polar surface area (TPSA) is 80.2 Å². The highest BCUT2D eigenvalue weighted by Gasteiger charge is 2.27. The number of benzene rings is 1. The van der Waals surface area contributed by atoms with Crippen LogP contribution in [0.5, 0.6) is 5.75 Å². The Labute approximate surface area is 188 Å². The summed E-state index contributed by atoms with van der Waals surface area (Å²) in [6.07, 6.45) is 3.36. The van der Waals surface area contributed by atoms with E-state index in [1.165, 1.54) is 0 Å². The van der Waals surface area contributed by atoms with E-state index in [0.717, 1.165) is 60.0 Å². The average Bonchev–Trinajstić information content (AvgIpc) is 2.85. The number of nitrogens with one attached hydrogen (secondary N) is 1. The second-order valence-electron chi connectivity index (χ2n) is 8.12. The summed E-state index contributed by atoms with van der Waals surface area (Å²) < 4.78 is 5.18. The van der Waals surface area contributed by atoms with Crippen LogP contribution in [0.2, 0.25) is 0 Å². The number of aromatic nitrogens is 3. The van der Waals surface area contributed by atoms with Crippen molar-refractivity contribution in [2.45, 2.75) is 33.2 Å². The molecule has 3 aromatic rings. The molecular weight excluding hydrogens is 402 g/mol. The van der Waals surface area contributed by atoms with Crippen molar-refractivity contribution < 1.29 is 9.53 Å². The maximum absolute atomic E-state index is 12.7. The number of methoxy groups -OCH3 is 1. The molecule has 166 valence electrons. The van der Waals surface area contributed by atoms with E-state index in [1.807, 2.05) is 49.4 Å². The molecule has 1 aromatic carbocycles. The fourth-order valence-electron chi connectivity index (χ4n) is 3.96. The molecule has 0 spiro atoms. The number of amides is 1. The summed E-state index contributed by atoms with van der Waals surface area (Å²) in [5.74, 6) is 2.53. The predicted octanol–water partition coefficient (Wildman–Crippen LogP) is 3.70. The minimum absolute atomic E-state index is 0.0167. The quantitative estimate of drug-likeness (QED) is 0.641. The monoisotopic (exact) mass is 431 g/mol. The van der Waals surface area contributed by atoms with Crippen LogP contribution in [0.25, 0.3) is 11.5 Å². The van der Waals surface area contributed by atoms with Crippen LogP contribution in [0.4, 0.5) is 5.82 Å². The third kappa shape index (κ3) is 4.88. The molecule has 1 N–H and O–H groups in total. The van der Waals surface area contributed by atoms with Crippen LogP contribution in [0, 0.1) is 19.8 Å². The van der Waals surface area contributed by atoms with Gasteiger partial charge in [0, 0.05) is 43.0 Å². The molecule has 7 heteroatoms. The maximum Gasteiger partial charge on any atom is 0.223 e. The molecule has 0 unspecified atom stereocenters. The summed E-state index contributed by atoms with van der Waals surface area (Å²) in [7, 11) is 1.65. The molecule has 1 aliphatic heterocycles. The number of nitrogens with zero attached hydrogens (tertiary/aromatic N) is 4. The lowest BCUT2D eigenvalue weighted by molar-refractivity contribution is -0.125. The van der Waals surface area contributed by atoms with Crippen molar-refractivity contribution >= 4 is 11.7 Å². The van der Waals surface area contributed by atoms with Crippen molar-refractivity contribution in [3.63, 3.8) is 0 Å². The maximum atomic E-state index is 12.7. The Morgan fingerprint density at radius 1 is 1.09 bits per heavy atom. The van der Waals surface area contributed by atoms with E-state index in [-0.39, 0.29) is 11.8 Å². The Morgan fingerprint density at radius 2 is 1.84 bits per heavy atom. The lowest BCUT2D eigenvalue weighted by Crippen LogP contribution is -2.41. The predicted molar refractivity (Wildman–Crippen MR) is 125 cm³/mol. The summed E-state index contributed by atoms with van der Waals surface area (Å²) in [5.41, 5.74) is 3.86. The highest BCUT2D eigenvalue weighted by atomic mass is 16.5. The Bertz CT molecular complexity index is 1060. The lowest BCUT2D eigenvalue weighted by Gasteiger charge is -2.33. The second kappa shape index (κ2) is 9.77. The molecule has 1 saturated heterocycles. The molecule has 32 heavy (non-hydrogen) atoms. The van der Waals surface area contributed by atoms with Crippen molar-refractivity contribution in [1.29, 1.82) is 0 Å². The van der Waals surface area contributed by atoms with Gasteiger partial charge >= 0.3 is 0 Å². The minimum atomic E-state index is 0.0167. The second-order valence-corrected chi connectivity index (χ2v) is 8.12. The van der Waals surface area contributed by atoms with Gasteiger partial charge in [-0.05, 0) is 56.5 Å². The van der Waals surface area contributed by atoms with Crippen LogP contribution >= 0.6 is 0 Å².